The second-order valence-electron chi connectivity index (χ2n) is 9.47. The van der Waals surface area contributed by atoms with Gasteiger partial charge in [-0.3, -0.25) is 20.2 Å². The summed E-state index contributed by atoms with van der Waals surface area (Å²) in [5.41, 5.74) is -0.340. The molecule has 2 aromatic carbocycles. The standard InChI is InChI=1S/C15H10N3O4.C13H28O3S/c19-17(20)13-5-6-14(15(9-13)18(21)22)16-8-7-11-3-1-2-4-12(11)10-16;1-2-3-4-5-6-7-8-9-10-11-12-13-17(14,15)16/h1-10H;2-13H2,1H3,(H,14,15,16)/q+1;/p-1. The zero-order chi connectivity index (χ0) is 28.7. The largest absolute Gasteiger partial charge is 0.748 e. The average molecular weight is 560 g/mol. The van der Waals surface area contributed by atoms with Crippen molar-refractivity contribution in [2.75, 3.05) is 5.75 Å². The smallest absolute Gasteiger partial charge is 0.347 e. The number of nitro benzene ring substituents is 2. The summed E-state index contributed by atoms with van der Waals surface area (Å²) in [5, 5.41) is 23.9. The van der Waals surface area contributed by atoms with E-state index in [1.807, 2.05) is 30.3 Å². The molecule has 3 aromatic rings. The average Bonchev–Trinajstić information content (AvgIpc) is 2.90. The van der Waals surface area contributed by atoms with Gasteiger partial charge in [0.05, 0.1) is 20.0 Å². The minimum atomic E-state index is -3.98. The van der Waals surface area contributed by atoms with Gasteiger partial charge >= 0.3 is 5.69 Å². The highest BCUT2D eigenvalue weighted by Gasteiger charge is 2.26. The molecule has 0 aliphatic rings. The van der Waals surface area contributed by atoms with E-state index in [9.17, 15) is 33.2 Å². The Balaban J connectivity index is 0.000000285. The predicted octanol–water partition coefficient (Wildman–Crippen LogP) is 6.78. The van der Waals surface area contributed by atoms with Crippen molar-refractivity contribution in [2.24, 2.45) is 0 Å². The number of fused-ring (bicyclic) bond motifs is 1. The minimum absolute atomic E-state index is 0.190. The molecule has 0 atom stereocenters. The van der Waals surface area contributed by atoms with Crippen molar-refractivity contribution in [3.05, 3.63) is 81.2 Å². The first-order chi connectivity index (χ1) is 18.6. The molecule has 0 saturated carbocycles. The normalized spacial score (nSPS) is 11.1. The molecule has 0 N–H and O–H groups in total. The zero-order valence-electron chi connectivity index (χ0n) is 22.4. The van der Waals surface area contributed by atoms with Gasteiger partial charge in [-0.1, -0.05) is 89.3 Å². The Hall–Kier alpha value is -3.44. The number of hydrogen-bond donors (Lipinski definition) is 0. The van der Waals surface area contributed by atoms with Crippen LogP contribution in [0.15, 0.2) is 60.9 Å². The molecule has 0 spiro atoms. The first-order valence-electron chi connectivity index (χ1n) is 13.4. The molecule has 0 aliphatic carbocycles. The maximum absolute atomic E-state index is 11.2. The Morgan fingerprint density at radius 2 is 1.31 bits per heavy atom. The van der Waals surface area contributed by atoms with Crippen LogP contribution in [0.4, 0.5) is 11.4 Å². The summed E-state index contributed by atoms with van der Waals surface area (Å²) in [6, 6.07) is 13.0. The molecule has 10 nitrogen and oxygen atoms in total. The summed E-state index contributed by atoms with van der Waals surface area (Å²) < 4.78 is 32.6. The van der Waals surface area contributed by atoms with Crippen molar-refractivity contribution in [1.82, 2.24) is 0 Å². The van der Waals surface area contributed by atoms with E-state index in [2.05, 4.69) is 6.92 Å². The number of nitrogens with zero attached hydrogens (tertiary/aromatic N) is 3. The van der Waals surface area contributed by atoms with E-state index in [1.54, 1.807) is 17.0 Å². The molecule has 0 bridgehead atoms. The fourth-order valence-corrected chi connectivity index (χ4v) is 4.77. The number of rotatable bonds is 15. The molecular weight excluding hydrogens is 522 g/mol. The summed E-state index contributed by atoms with van der Waals surface area (Å²) in [6.45, 7) is 2.22. The fourth-order valence-electron chi connectivity index (χ4n) is 4.22. The van der Waals surface area contributed by atoms with Crippen LogP contribution >= 0.6 is 0 Å². The van der Waals surface area contributed by atoms with E-state index in [-0.39, 0.29) is 22.8 Å². The summed E-state index contributed by atoms with van der Waals surface area (Å²) in [7, 11) is -3.98. The van der Waals surface area contributed by atoms with Crippen LogP contribution in [0.1, 0.15) is 77.6 Å². The summed E-state index contributed by atoms with van der Waals surface area (Å²) >= 11 is 0. The van der Waals surface area contributed by atoms with Crippen LogP contribution in [0.25, 0.3) is 16.5 Å². The molecule has 0 radical (unpaired) electrons. The molecule has 0 saturated heterocycles. The molecular formula is C28H37N3O7S. The first kappa shape index (κ1) is 31.8. The predicted molar refractivity (Wildman–Crippen MR) is 150 cm³/mol. The van der Waals surface area contributed by atoms with Gasteiger partial charge in [0.1, 0.15) is 6.07 Å². The van der Waals surface area contributed by atoms with E-state index in [0.717, 1.165) is 29.7 Å². The molecule has 0 unspecified atom stereocenters. The van der Waals surface area contributed by atoms with E-state index in [4.69, 9.17) is 0 Å². The number of nitro groups is 2. The lowest BCUT2D eigenvalue weighted by Crippen LogP contribution is -2.30. The van der Waals surface area contributed by atoms with Gasteiger partial charge in [0.25, 0.3) is 11.4 Å². The number of non-ortho nitro benzene ring substituents is 1. The van der Waals surface area contributed by atoms with E-state index in [0.29, 0.717) is 6.42 Å². The molecule has 3 rings (SSSR count). The van der Waals surface area contributed by atoms with Crippen LogP contribution in [0.3, 0.4) is 0 Å². The number of hydrogen-bond acceptors (Lipinski definition) is 7. The van der Waals surface area contributed by atoms with E-state index >= 15 is 0 Å². The quantitative estimate of drug-likeness (QED) is 0.0655. The van der Waals surface area contributed by atoms with Gasteiger partial charge in [0.2, 0.25) is 0 Å². The third kappa shape index (κ3) is 11.9. The number of unbranched alkanes of at least 4 members (excludes halogenated alkanes) is 10. The molecule has 0 amide bonds. The monoisotopic (exact) mass is 559 g/mol. The highest BCUT2D eigenvalue weighted by molar-refractivity contribution is 7.85. The lowest BCUT2D eigenvalue weighted by atomic mass is 10.1. The van der Waals surface area contributed by atoms with Gasteiger partial charge in [-0.2, -0.15) is 4.57 Å². The molecule has 212 valence electrons. The Kier molecular flexibility index (Phi) is 13.4. The molecule has 0 aliphatic heterocycles. The molecule has 1 heterocycles. The molecule has 39 heavy (non-hydrogen) atoms. The van der Waals surface area contributed by atoms with Gasteiger partial charge in [-0.15, -0.1) is 0 Å². The summed E-state index contributed by atoms with van der Waals surface area (Å²) in [5.74, 6) is -0.190. The highest BCUT2D eigenvalue weighted by atomic mass is 32.2. The van der Waals surface area contributed by atoms with Crippen LogP contribution in [0.2, 0.25) is 0 Å². The van der Waals surface area contributed by atoms with Gasteiger partial charge < -0.3 is 4.55 Å². The molecule has 11 heteroatoms. The third-order valence-corrected chi connectivity index (χ3v) is 7.12. The van der Waals surface area contributed by atoms with Gasteiger partial charge in [0, 0.05) is 29.3 Å². The minimum Gasteiger partial charge on any atom is -0.748 e. The van der Waals surface area contributed by atoms with Crippen LogP contribution in [-0.4, -0.2) is 28.6 Å². The number of aromatic nitrogens is 1. The Morgan fingerprint density at radius 1 is 0.744 bits per heavy atom. The topological polar surface area (TPSA) is 147 Å². The van der Waals surface area contributed by atoms with Crippen LogP contribution in [0, 0.1) is 20.2 Å². The summed E-state index contributed by atoms with van der Waals surface area (Å²) in [6.07, 6.45) is 16.3. The van der Waals surface area contributed by atoms with Crippen LogP contribution in [0.5, 0.6) is 0 Å². The van der Waals surface area contributed by atoms with Gasteiger partial charge in [-0.05, 0) is 17.9 Å². The SMILES string of the molecule is CCCCCCCCCCCCCS(=O)(=O)[O-].O=[N+]([O-])c1ccc(-[n+]2ccc3ccccc3c2)c([N+](=O)[O-])c1. The zero-order valence-corrected chi connectivity index (χ0v) is 23.2. The second kappa shape index (κ2) is 16.5. The maximum Gasteiger partial charge on any atom is 0.347 e. The number of benzene rings is 2. The molecule has 1 aromatic heterocycles. The Bertz CT molecular complexity index is 1330. The van der Waals surface area contributed by atoms with Crippen molar-refractivity contribution in [3.8, 4) is 5.69 Å². The number of pyridine rings is 1. The van der Waals surface area contributed by atoms with Crippen LogP contribution in [-0.2, 0) is 10.1 Å². The van der Waals surface area contributed by atoms with E-state index < -0.39 is 20.0 Å². The Morgan fingerprint density at radius 3 is 1.85 bits per heavy atom. The first-order valence-corrected chi connectivity index (χ1v) is 15.0. The van der Waals surface area contributed by atoms with Gasteiger partial charge in [0.15, 0.2) is 12.4 Å². The summed E-state index contributed by atoms with van der Waals surface area (Å²) in [4.78, 5) is 20.7. The maximum atomic E-state index is 11.2. The fraction of sp³-hybridized carbons (Fsp3) is 0.464. The van der Waals surface area contributed by atoms with Crippen molar-refractivity contribution in [3.63, 3.8) is 0 Å². The van der Waals surface area contributed by atoms with Crippen molar-refractivity contribution in [2.45, 2.75) is 77.6 Å². The van der Waals surface area contributed by atoms with Crippen LogP contribution < -0.4 is 4.57 Å². The highest BCUT2D eigenvalue weighted by Crippen LogP contribution is 2.25. The third-order valence-electron chi connectivity index (χ3n) is 6.33. The van der Waals surface area contributed by atoms with Gasteiger partial charge in [-0.25, -0.2) is 8.42 Å². The van der Waals surface area contributed by atoms with Crippen molar-refractivity contribution in [1.29, 1.82) is 0 Å². The Labute approximate surface area is 229 Å². The lowest BCUT2D eigenvalue weighted by Gasteiger charge is -2.06. The van der Waals surface area contributed by atoms with Crippen molar-refractivity contribution < 1.29 is 27.4 Å². The second-order valence-corrected chi connectivity index (χ2v) is 11.0. The lowest BCUT2D eigenvalue weighted by molar-refractivity contribution is -0.599. The van der Waals surface area contributed by atoms with E-state index in [1.165, 1.54) is 63.5 Å². The molecule has 0 fully saturated rings. The van der Waals surface area contributed by atoms with Crippen molar-refractivity contribution >= 4 is 32.3 Å².